The minimum absolute atomic E-state index is 0.00448. The summed E-state index contributed by atoms with van der Waals surface area (Å²) >= 11 is 4.70. The molecule has 2 rings (SSSR count). The van der Waals surface area contributed by atoms with Crippen molar-refractivity contribution in [2.45, 2.75) is 4.90 Å². The molecule has 0 atom stereocenters. The lowest BCUT2D eigenvalue weighted by Crippen LogP contribution is -2.19. The molecule has 0 saturated carbocycles. The van der Waals surface area contributed by atoms with E-state index in [1.165, 1.54) is 18.0 Å². The Balaban J connectivity index is 1.91. The molecule has 0 saturated heterocycles. The number of hydrogen-bond donors (Lipinski definition) is 2. The predicted molar refractivity (Wildman–Crippen MR) is 90.9 cm³/mol. The van der Waals surface area contributed by atoms with Crippen molar-refractivity contribution in [2.24, 2.45) is 0 Å². The SMILES string of the molecule is Nc1cccc(SCCS(=O)(=O)Nc2ncccc2Br)c1. The number of aromatic nitrogens is 1. The van der Waals surface area contributed by atoms with Crippen LogP contribution in [0.1, 0.15) is 0 Å². The molecular formula is C13H14BrN3O2S2. The second-order valence-corrected chi connectivity index (χ2v) is 8.04. The first-order chi connectivity index (χ1) is 9.96. The van der Waals surface area contributed by atoms with E-state index < -0.39 is 10.0 Å². The molecule has 0 aliphatic carbocycles. The molecule has 0 aliphatic rings. The zero-order chi connectivity index (χ0) is 15.3. The Kier molecular flexibility index (Phi) is 5.49. The van der Waals surface area contributed by atoms with Gasteiger partial charge in [-0.3, -0.25) is 4.72 Å². The zero-order valence-electron chi connectivity index (χ0n) is 11.0. The molecule has 0 fully saturated rings. The molecular weight excluding hydrogens is 374 g/mol. The van der Waals surface area contributed by atoms with Gasteiger partial charge in [-0.25, -0.2) is 13.4 Å². The van der Waals surface area contributed by atoms with E-state index in [1.54, 1.807) is 18.2 Å². The van der Waals surface area contributed by atoms with E-state index in [0.29, 0.717) is 21.7 Å². The monoisotopic (exact) mass is 387 g/mol. The molecule has 1 aromatic heterocycles. The lowest BCUT2D eigenvalue weighted by molar-refractivity contribution is 0.602. The van der Waals surface area contributed by atoms with Gasteiger partial charge in [-0.05, 0) is 46.3 Å². The molecule has 0 spiro atoms. The Morgan fingerprint density at radius 2 is 2.10 bits per heavy atom. The number of thioether (sulfide) groups is 1. The fraction of sp³-hybridized carbons (Fsp3) is 0.154. The molecule has 1 heterocycles. The van der Waals surface area contributed by atoms with Crippen LogP contribution in [-0.4, -0.2) is 24.9 Å². The van der Waals surface area contributed by atoms with Crippen LogP contribution in [0.25, 0.3) is 0 Å². The minimum Gasteiger partial charge on any atom is -0.399 e. The zero-order valence-corrected chi connectivity index (χ0v) is 14.2. The maximum atomic E-state index is 12.0. The topological polar surface area (TPSA) is 85.1 Å². The van der Waals surface area contributed by atoms with Crippen molar-refractivity contribution in [2.75, 3.05) is 22.0 Å². The number of anilines is 2. The molecule has 0 bridgehead atoms. The normalized spacial score (nSPS) is 11.3. The summed E-state index contributed by atoms with van der Waals surface area (Å²) < 4.78 is 27.1. The van der Waals surface area contributed by atoms with Gasteiger partial charge in [-0.15, -0.1) is 11.8 Å². The number of benzene rings is 1. The van der Waals surface area contributed by atoms with E-state index in [0.717, 1.165) is 4.90 Å². The number of nitrogens with two attached hydrogens (primary N) is 1. The third-order valence-electron chi connectivity index (χ3n) is 2.49. The van der Waals surface area contributed by atoms with Gasteiger partial charge in [0.1, 0.15) is 0 Å². The van der Waals surface area contributed by atoms with Crippen LogP contribution in [0.3, 0.4) is 0 Å². The van der Waals surface area contributed by atoms with Gasteiger partial charge in [0, 0.05) is 22.5 Å². The van der Waals surface area contributed by atoms with Crippen molar-refractivity contribution >= 4 is 49.2 Å². The third-order valence-corrected chi connectivity index (χ3v) is 5.63. The summed E-state index contributed by atoms with van der Waals surface area (Å²) in [5, 5.41) is 0. The second-order valence-electron chi connectivity index (χ2n) is 4.18. The molecule has 3 N–H and O–H groups in total. The Bertz CT molecular complexity index is 723. The average molecular weight is 388 g/mol. The summed E-state index contributed by atoms with van der Waals surface area (Å²) in [7, 11) is -3.43. The van der Waals surface area contributed by atoms with Gasteiger partial charge in [0.25, 0.3) is 0 Å². The average Bonchev–Trinajstić information content (AvgIpc) is 2.41. The molecule has 0 unspecified atom stereocenters. The maximum absolute atomic E-state index is 12.0. The van der Waals surface area contributed by atoms with Gasteiger partial charge in [0.2, 0.25) is 10.0 Å². The lowest BCUT2D eigenvalue weighted by Gasteiger charge is -2.08. The van der Waals surface area contributed by atoms with Gasteiger partial charge in [0.05, 0.1) is 10.2 Å². The number of nitrogen functional groups attached to an aromatic ring is 1. The number of halogens is 1. The molecule has 112 valence electrons. The van der Waals surface area contributed by atoms with Crippen LogP contribution in [0, 0.1) is 0 Å². The van der Waals surface area contributed by atoms with Crippen LogP contribution in [0.5, 0.6) is 0 Å². The fourth-order valence-corrected chi connectivity index (χ4v) is 4.42. The van der Waals surface area contributed by atoms with Crippen LogP contribution < -0.4 is 10.5 Å². The van der Waals surface area contributed by atoms with E-state index in [9.17, 15) is 8.42 Å². The first kappa shape index (κ1) is 16.1. The highest BCUT2D eigenvalue weighted by molar-refractivity contribution is 9.10. The third kappa shape index (κ3) is 5.22. The maximum Gasteiger partial charge on any atom is 0.234 e. The number of hydrogen-bond acceptors (Lipinski definition) is 5. The molecule has 21 heavy (non-hydrogen) atoms. The number of nitrogens with zero attached hydrogens (tertiary/aromatic N) is 1. The number of rotatable bonds is 6. The van der Waals surface area contributed by atoms with Gasteiger partial charge in [0.15, 0.2) is 5.82 Å². The van der Waals surface area contributed by atoms with Crippen molar-refractivity contribution in [1.82, 2.24) is 4.98 Å². The van der Waals surface area contributed by atoms with E-state index in [-0.39, 0.29) is 5.75 Å². The van der Waals surface area contributed by atoms with Crippen molar-refractivity contribution < 1.29 is 8.42 Å². The van der Waals surface area contributed by atoms with Gasteiger partial charge in [-0.2, -0.15) is 0 Å². The summed E-state index contributed by atoms with van der Waals surface area (Å²) in [4.78, 5) is 4.93. The Labute approximate surface area is 136 Å². The van der Waals surface area contributed by atoms with Crippen molar-refractivity contribution in [1.29, 1.82) is 0 Å². The first-order valence-corrected chi connectivity index (χ1v) is 9.49. The summed E-state index contributed by atoms with van der Waals surface area (Å²) in [6, 6.07) is 10.8. The minimum atomic E-state index is -3.43. The highest BCUT2D eigenvalue weighted by Crippen LogP contribution is 2.22. The number of pyridine rings is 1. The number of sulfonamides is 1. The summed E-state index contributed by atoms with van der Waals surface area (Å²) in [5.41, 5.74) is 6.34. The largest absolute Gasteiger partial charge is 0.399 e. The number of nitrogens with one attached hydrogen (secondary N) is 1. The molecule has 8 heteroatoms. The molecule has 1 aromatic carbocycles. The second kappa shape index (κ2) is 7.15. The van der Waals surface area contributed by atoms with Crippen LogP contribution in [0.2, 0.25) is 0 Å². The van der Waals surface area contributed by atoms with Gasteiger partial charge >= 0.3 is 0 Å². The highest BCUT2D eigenvalue weighted by Gasteiger charge is 2.13. The molecule has 0 amide bonds. The van der Waals surface area contributed by atoms with Crippen LogP contribution in [-0.2, 0) is 10.0 Å². The van der Waals surface area contributed by atoms with Crippen LogP contribution >= 0.6 is 27.7 Å². The molecule has 0 aliphatic heterocycles. The van der Waals surface area contributed by atoms with Crippen LogP contribution in [0.4, 0.5) is 11.5 Å². The smallest absolute Gasteiger partial charge is 0.234 e. The Morgan fingerprint density at radius 3 is 2.81 bits per heavy atom. The van der Waals surface area contributed by atoms with Crippen molar-refractivity contribution in [3.63, 3.8) is 0 Å². The summed E-state index contributed by atoms with van der Waals surface area (Å²) in [5.74, 6) is 0.727. The molecule has 5 nitrogen and oxygen atoms in total. The van der Waals surface area contributed by atoms with E-state index in [2.05, 4.69) is 25.6 Å². The molecule has 0 radical (unpaired) electrons. The predicted octanol–water partition coefficient (Wildman–Crippen LogP) is 2.96. The lowest BCUT2D eigenvalue weighted by atomic mass is 10.3. The van der Waals surface area contributed by atoms with E-state index in [1.807, 2.05) is 18.2 Å². The fourth-order valence-electron chi connectivity index (χ4n) is 1.53. The van der Waals surface area contributed by atoms with E-state index >= 15 is 0 Å². The van der Waals surface area contributed by atoms with Gasteiger partial charge in [-0.1, -0.05) is 6.07 Å². The molecule has 2 aromatic rings. The summed E-state index contributed by atoms with van der Waals surface area (Å²) in [6.07, 6.45) is 1.53. The van der Waals surface area contributed by atoms with Gasteiger partial charge < -0.3 is 5.73 Å². The first-order valence-electron chi connectivity index (χ1n) is 6.06. The van der Waals surface area contributed by atoms with Crippen LogP contribution in [0.15, 0.2) is 52.0 Å². The standard InChI is InChI=1S/C13H14BrN3O2S2/c14-12-5-2-6-16-13(12)17-21(18,19)8-7-20-11-4-1-3-10(15)9-11/h1-6,9H,7-8,15H2,(H,16,17). The Morgan fingerprint density at radius 1 is 1.29 bits per heavy atom. The van der Waals surface area contributed by atoms with Crippen molar-refractivity contribution in [3.05, 3.63) is 47.1 Å². The van der Waals surface area contributed by atoms with Crippen molar-refractivity contribution in [3.8, 4) is 0 Å². The summed E-state index contributed by atoms with van der Waals surface area (Å²) in [6.45, 7) is 0. The Hall–Kier alpha value is -1.25. The quantitative estimate of drug-likeness (QED) is 0.587. The highest BCUT2D eigenvalue weighted by atomic mass is 79.9. The van der Waals surface area contributed by atoms with E-state index in [4.69, 9.17) is 5.73 Å².